The Morgan fingerprint density at radius 1 is 1.09 bits per heavy atom. The number of fused-ring (bicyclic) bond motifs is 1. The van der Waals surface area contributed by atoms with Crippen LogP contribution in [0, 0.1) is 11.8 Å². The molecule has 9 heteroatoms. The van der Waals surface area contributed by atoms with Crippen LogP contribution in [0.4, 0.5) is 5.82 Å². The van der Waals surface area contributed by atoms with Gasteiger partial charge in [0.15, 0.2) is 0 Å². The number of aromatic nitrogens is 2. The summed E-state index contributed by atoms with van der Waals surface area (Å²) in [5.41, 5.74) is 2.64. The van der Waals surface area contributed by atoms with E-state index in [9.17, 15) is 9.59 Å². The molecule has 1 N–H and O–H groups in total. The second-order valence-corrected chi connectivity index (χ2v) is 15.7. The Hall–Kier alpha value is -3.17. The molecular formula is C26H33N3O5Si. The first-order valence-electron chi connectivity index (χ1n) is 11.8. The molecule has 0 bridgehead atoms. The first-order chi connectivity index (χ1) is 16.7. The van der Waals surface area contributed by atoms with E-state index in [-0.39, 0.29) is 23.7 Å². The molecule has 186 valence electrons. The van der Waals surface area contributed by atoms with Crippen molar-refractivity contribution < 1.29 is 23.8 Å². The zero-order valence-corrected chi connectivity index (χ0v) is 22.0. The number of hydrogen-bond acceptors (Lipinski definition) is 6. The summed E-state index contributed by atoms with van der Waals surface area (Å²) in [6.45, 7) is 8.01. The molecule has 1 aliphatic carbocycles. The summed E-state index contributed by atoms with van der Waals surface area (Å²) in [4.78, 5) is 29.1. The fraction of sp³-hybridized carbons (Fsp3) is 0.423. The normalized spacial score (nSPS) is 17.3. The molecule has 1 fully saturated rings. The van der Waals surface area contributed by atoms with Crippen LogP contribution >= 0.6 is 0 Å². The van der Waals surface area contributed by atoms with Gasteiger partial charge in [-0.2, -0.15) is 0 Å². The van der Waals surface area contributed by atoms with Crippen molar-refractivity contribution >= 4 is 36.8 Å². The number of nitrogens with zero attached hydrogens (tertiary/aromatic N) is 2. The molecule has 2 aromatic heterocycles. The van der Waals surface area contributed by atoms with Gasteiger partial charge in [0, 0.05) is 37.4 Å². The number of ether oxygens (including phenoxy) is 3. The van der Waals surface area contributed by atoms with Gasteiger partial charge in [-0.1, -0.05) is 37.8 Å². The van der Waals surface area contributed by atoms with E-state index >= 15 is 0 Å². The number of carbonyl (C=O) groups excluding carboxylic acids is 2. The molecule has 0 radical (unpaired) electrons. The Balaban J connectivity index is 1.62. The third-order valence-electron chi connectivity index (χ3n) is 6.23. The summed E-state index contributed by atoms with van der Waals surface area (Å²) >= 11 is 0. The number of hydrogen-bond donors (Lipinski definition) is 1. The highest BCUT2D eigenvalue weighted by atomic mass is 28.3. The quantitative estimate of drug-likeness (QED) is 0.247. The predicted octanol–water partition coefficient (Wildman–Crippen LogP) is 4.77. The summed E-state index contributed by atoms with van der Waals surface area (Å²) in [7, 11) is 1.79. The fourth-order valence-electron chi connectivity index (χ4n) is 4.07. The lowest BCUT2D eigenvalue weighted by Crippen LogP contribution is -2.22. The number of amides is 1. The number of para-hydroxylation sites is 1. The smallest absolute Gasteiger partial charge is 0.309 e. The van der Waals surface area contributed by atoms with Crippen LogP contribution in [-0.2, 0) is 25.8 Å². The Morgan fingerprint density at radius 3 is 2.57 bits per heavy atom. The van der Waals surface area contributed by atoms with Gasteiger partial charge in [-0.05, 0) is 30.7 Å². The molecule has 1 aliphatic rings. The van der Waals surface area contributed by atoms with Crippen molar-refractivity contribution in [1.29, 1.82) is 0 Å². The largest absolute Gasteiger partial charge is 0.496 e. The molecule has 3 aromatic rings. The minimum Gasteiger partial charge on any atom is -0.496 e. The number of pyridine rings is 1. The average Bonchev–Trinajstić information content (AvgIpc) is 3.57. The van der Waals surface area contributed by atoms with Crippen molar-refractivity contribution in [2.45, 2.75) is 38.8 Å². The van der Waals surface area contributed by atoms with Crippen LogP contribution in [0.15, 0.2) is 42.6 Å². The number of nitrogens with one attached hydrogen (secondary N) is 1. The van der Waals surface area contributed by atoms with Crippen molar-refractivity contribution in [3.8, 4) is 16.9 Å². The highest BCUT2D eigenvalue weighted by Gasteiger charge is 2.49. The summed E-state index contributed by atoms with van der Waals surface area (Å²) in [6.07, 6.45) is 2.52. The lowest BCUT2D eigenvalue weighted by atomic mass is 10.0. The topological polar surface area (TPSA) is 91.7 Å². The van der Waals surface area contributed by atoms with E-state index in [0.29, 0.717) is 31.2 Å². The zero-order valence-electron chi connectivity index (χ0n) is 21.0. The first kappa shape index (κ1) is 24.9. The van der Waals surface area contributed by atoms with Gasteiger partial charge < -0.3 is 24.1 Å². The fourth-order valence-corrected chi connectivity index (χ4v) is 4.83. The number of esters is 1. The summed E-state index contributed by atoms with van der Waals surface area (Å²) in [6, 6.07) is 12.7. The van der Waals surface area contributed by atoms with Gasteiger partial charge >= 0.3 is 5.97 Å². The Bertz CT molecular complexity index is 1230. The van der Waals surface area contributed by atoms with Crippen LogP contribution < -0.4 is 10.1 Å². The molecule has 1 aromatic carbocycles. The van der Waals surface area contributed by atoms with E-state index in [2.05, 4.69) is 25.0 Å². The van der Waals surface area contributed by atoms with E-state index in [0.717, 1.165) is 28.3 Å². The van der Waals surface area contributed by atoms with Crippen LogP contribution in [0.2, 0.25) is 25.7 Å². The van der Waals surface area contributed by atoms with Crippen molar-refractivity contribution in [3.05, 3.63) is 42.6 Å². The van der Waals surface area contributed by atoms with Crippen LogP contribution in [0.5, 0.6) is 5.75 Å². The molecule has 0 saturated heterocycles. The maximum Gasteiger partial charge on any atom is 0.309 e. The number of benzene rings is 1. The minimum atomic E-state index is -1.20. The van der Waals surface area contributed by atoms with E-state index in [1.54, 1.807) is 13.2 Å². The molecule has 0 aliphatic heterocycles. The van der Waals surface area contributed by atoms with Gasteiger partial charge in [0.1, 0.15) is 23.9 Å². The molecule has 2 unspecified atom stereocenters. The second-order valence-electron chi connectivity index (χ2n) is 10.1. The average molecular weight is 496 g/mol. The van der Waals surface area contributed by atoms with Gasteiger partial charge in [-0.25, -0.2) is 4.98 Å². The maximum absolute atomic E-state index is 12.6. The molecule has 4 rings (SSSR count). The molecule has 8 nitrogen and oxygen atoms in total. The zero-order chi connectivity index (χ0) is 25.2. The standard InChI is InChI=1S/C26H33N3O5Si/c1-32-22-9-7-6-8-17(22)21-15-29(16-34-12-13-35(3,4)5)24-18(21)10-11-23(27-24)28-25(30)19-14-20(19)26(31)33-2/h6-11,15,19-20H,12-14,16H2,1-5H3,(H,27,28,30). The molecule has 35 heavy (non-hydrogen) atoms. The van der Waals surface area contributed by atoms with Gasteiger partial charge in [0.2, 0.25) is 5.91 Å². The van der Waals surface area contributed by atoms with E-state index in [1.807, 2.05) is 41.1 Å². The van der Waals surface area contributed by atoms with Crippen molar-refractivity contribution in [3.63, 3.8) is 0 Å². The SMILES string of the molecule is COC(=O)C1CC1C(=O)Nc1ccc2c(-c3ccccc3OC)cn(COCC[Si](C)(C)C)c2n1. The van der Waals surface area contributed by atoms with Crippen LogP contribution in [-0.4, -0.2) is 50.3 Å². The van der Waals surface area contributed by atoms with Crippen LogP contribution in [0.1, 0.15) is 6.42 Å². The number of carbonyl (C=O) groups is 2. The van der Waals surface area contributed by atoms with E-state index in [1.165, 1.54) is 7.11 Å². The molecule has 2 heterocycles. The number of anilines is 1. The van der Waals surface area contributed by atoms with Crippen molar-refractivity contribution in [1.82, 2.24) is 9.55 Å². The maximum atomic E-state index is 12.6. The number of rotatable bonds is 10. The first-order valence-corrected chi connectivity index (χ1v) is 15.5. The lowest BCUT2D eigenvalue weighted by Gasteiger charge is -2.15. The van der Waals surface area contributed by atoms with Gasteiger partial charge in [-0.3, -0.25) is 9.59 Å². The Morgan fingerprint density at radius 2 is 1.86 bits per heavy atom. The second kappa shape index (κ2) is 10.2. The highest BCUT2D eigenvalue weighted by Crippen LogP contribution is 2.40. The molecular weight excluding hydrogens is 462 g/mol. The van der Waals surface area contributed by atoms with Gasteiger partial charge in [0.05, 0.1) is 26.1 Å². The Labute approximate surface area is 206 Å². The summed E-state index contributed by atoms with van der Waals surface area (Å²) < 4.78 is 18.3. The van der Waals surface area contributed by atoms with E-state index in [4.69, 9.17) is 19.2 Å². The van der Waals surface area contributed by atoms with Gasteiger partial charge in [-0.15, -0.1) is 0 Å². The van der Waals surface area contributed by atoms with E-state index < -0.39 is 8.07 Å². The third-order valence-corrected chi connectivity index (χ3v) is 7.93. The lowest BCUT2D eigenvalue weighted by molar-refractivity contribution is -0.143. The highest BCUT2D eigenvalue weighted by molar-refractivity contribution is 6.76. The van der Waals surface area contributed by atoms with Crippen molar-refractivity contribution in [2.75, 3.05) is 26.1 Å². The Kier molecular flexibility index (Phi) is 7.27. The minimum absolute atomic E-state index is 0.221. The number of methoxy groups -OCH3 is 2. The molecule has 0 spiro atoms. The monoisotopic (exact) mass is 495 g/mol. The van der Waals surface area contributed by atoms with Crippen molar-refractivity contribution in [2.24, 2.45) is 11.8 Å². The third kappa shape index (κ3) is 5.74. The predicted molar refractivity (Wildman–Crippen MR) is 138 cm³/mol. The van der Waals surface area contributed by atoms with Crippen LogP contribution in [0.25, 0.3) is 22.2 Å². The summed E-state index contributed by atoms with van der Waals surface area (Å²) in [5.74, 6) is -0.108. The molecule has 1 amide bonds. The molecule has 2 atom stereocenters. The van der Waals surface area contributed by atoms with Crippen LogP contribution in [0.3, 0.4) is 0 Å². The van der Waals surface area contributed by atoms with Gasteiger partial charge in [0.25, 0.3) is 0 Å². The summed E-state index contributed by atoms with van der Waals surface area (Å²) in [5, 5.41) is 3.79. The molecule has 1 saturated carbocycles.